The summed E-state index contributed by atoms with van der Waals surface area (Å²) in [6, 6.07) is 12.9. The van der Waals surface area contributed by atoms with Crippen LogP contribution in [0.5, 0.6) is 11.5 Å². The van der Waals surface area contributed by atoms with E-state index in [2.05, 4.69) is 67.8 Å². The predicted molar refractivity (Wildman–Crippen MR) is 137 cm³/mol. The molecule has 0 saturated carbocycles. The van der Waals surface area contributed by atoms with E-state index in [0.717, 1.165) is 26.0 Å². The molecule has 0 spiro atoms. The highest BCUT2D eigenvalue weighted by Gasteiger charge is 2.13. The first-order chi connectivity index (χ1) is 16.3. The molecule has 12 heteroatoms. The van der Waals surface area contributed by atoms with E-state index < -0.39 is 0 Å². The fraction of sp³-hybridized carbons (Fsp3) is 0.136. The van der Waals surface area contributed by atoms with Crippen LogP contribution in [0.1, 0.15) is 17.0 Å². The van der Waals surface area contributed by atoms with Gasteiger partial charge in [0.15, 0.2) is 11.5 Å². The number of hydrogen-bond acceptors (Lipinski definition) is 9. The number of nitrogens with one attached hydrogen (secondary N) is 2. The van der Waals surface area contributed by atoms with Crippen LogP contribution in [-0.2, 0) is 0 Å². The summed E-state index contributed by atoms with van der Waals surface area (Å²) in [6.45, 7) is 3.81. The van der Waals surface area contributed by atoms with Crippen molar-refractivity contribution in [3.63, 3.8) is 0 Å². The maximum Gasteiger partial charge on any atom is 0.257 e. The summed E-state index contributed by atoms with van der Waals surface area (Å²) in [4.78, 5) is 13.4. The van der Waals surface area contributed by atoms with Crippen molar-refractivity contribution in [3.05, 3.63) is 68.4 Å². The Morgan fingerprint density at radius 1 is 1.00 bits per heavy atom. The molecule has 4 aromatic rings. The zero-order valence-corrected chi connectivity index (χ0v) is 21.6. The van der Waals surface area contributed by atoms with Crippen LogP contribution in [0.4, 0.5) is 17.6 Å². The largest absolute Gasteiger partial charge is 0.504 e. The van der Waals surface area contributed by atoms with Gasteiger partial charge in [-0.3, -0.25) is 0 Å². The average Bonchev–Trinajstić information content (AvgIpc) is 3.15. The Kier molecular flexibility index (Phi) is 7.08. The molecule has 2 aromatic heterocycles. The van der Waals surface area contributed by atoms with Crippen LogP contribution >= 0.6 is 31.9 Å². The number of methoxy groups -OCH3 is 1. The average molecular weight is 588 g/mol. The van der Waals surface area contributed by atoms with Gasteiger partial charge in [0.1, 0.15) is 0 Å². The number of aromatic nitrogens is 5. The number of nitrogens with zero attached hydrogens (tertiary/aromatic N) is 6. The summed E-state index contributed by atoms with van der Waals surface area (Å²) >= 11 is 6.81. The lowest BCUT2D eigenvalue weighted by atomic mass is 10.2. The molecule has 0 atom stereocenters. The van der Waals surface area contributed by atoms with Crippen molar-refractivity contribution in [2.75, 3.05) is 17.9 Å². The van der Waals surface area contributed by atoms with Crippen LogP contribution in [0.2, 0.25) is 0 Å². The maximum atomic E-state index is 10.3. The molecule has 0 saturated heterocycles. The van der Waals surface area contributed by atoms with Crippen molar-refractivity contribution in [1.82, 2.24) is 24.7 Å². The predicted octanol–water partition coefficient (Wildman–Crippen LogP) is 5.10. The van der Waals surface area contributed by atoms with Gasteiger partial charge in [0.2, 0.25) is 11.9 Å². The minimum Gasteiger partial charge on any atom is -0.504 e. The van der Waals surface area contributed by atoms with Crippen LogP contribution in [0.3, 0.4) is 0 Å². The van der Waals surface area contributed by atoms with Crippen molar-refractivity contribution in [2.24, 2.45) is 5.10 Å². The molecule has 10 nitrogen and oxygen atoms in total. The molecule has 34 heavy (non-hydrogen) atoms. The molecule has 0 fully saturated rings. The molecule has 0 amide bonds. The Bertz CT molecular complexity index is 1360. The van der Waals surface area contributed by atoms with Gasteiger partial charge in [-0.15, -0.1) is 0 Å². The van der Waals surface area contributed by atoms with Gasteiger partial charge in [-0.1, -0.05) is 31.9 Å². The van der Waals surface area contributed by atoms with E-state index in [1.54, 1.807) is 16.8 Å². The van der Waals surface area contributed by atoms with Crippen LogP contribution in [0.15, 0.2) is 56.5 Å². The van der Waals surface area contributed by atoms with E-state index >= 15 is 0 Å². The number of hydrazone groups is 1. The van der Waals surface area contributed by atoms with Crippen LogP contribution in [0.25, 0.3) is 5.95 Å². The maximum absolute atomic E-state index is 10.3. The number of hydrogen-bond donors (Lipinski definition) is 3. The second kappa shape index (κ2) is 10.2. The second-order valence-corrected chi connectivity index (χ2v) is 9.00. The topological polar surface area (TPSA) is 122 Å². The third-order valence-electron chi connectivity index (χ3n) is 4.58. The lowest BCUT2D eigenvalue weighted by Gasteiger charge is -2.10. The summed E-state index contributed by atoms with van der Waals surface area (Å²) in [7, 11) is 1.48. The van der Waals surface area contributed by atoms with Crippen LogP contribution in [0, 0.1) is 13.8 Å². The van der Waals surface area contributed by atoms with Gasteiger partial charge in [0.05, 0.1) is 19.0 Å². The van der Waals surface area contributed by atoms with E-state index in [4.69, 9.17) is 4.74 Å². The Morgan fingerprint density at radius 2 is 1.74 bits per heavy atom. The van der Waals surface area contributed by atoms with Crippen molar-refractivity contribution in [3.8, 4) is 17.4 Å². The monoisotopic (exact) mass is 586 g/mol. The lowest BCUT2D eigenvalue weighted by molar-refractivity contribution is 0.373. The number of phenols is 1. The van der Waals surface area contributed by atoms with Crippen molar-refractivity contribution >= 4 is 55.7 Å². The number of anilines is 3. The first kappa shape index (κ1) is 23.6. The number of phenolic OH excluding ortho intramolecular Hbond substituents is 1. The third kappa shape index (κ3) is 5.51. The molecule has 4 rings (SSSR count). The standard InChI is InChI=1S/C22H20Br2N8O2/c1-12-8-13(2)32(31-12)22-28-20(26-17-6-4-15(23)5-7-17)27-21(29-22)30-25-11-14-9-16(24)10-18(34-3)19(14)33/h4-11,33H,1-3H3,(H2,26,27,28,29,30). The summed E-state index contributed by atoms with van der Waals surface area (Å²) in [5.41, 5.74) is 5.76. The SMILES string of the molecule is COc1cc(Br)cc(C=NNc2nc(Nc3ccc(Br)cc3)nc(-n3nc(C)cc3C)n2)c1O. The minimum absolute atomic E-state index is 0.0344. The summed E-state index contributed by atoms with van der Waals surface area (Å²) in [5.74, 6) is 1.11. The van der Waals surface area contributed by atoms with Gasteiger partial charge in [-0.25, -0.2) is 10.1 Å². The zero-order valence-electron chi connectivity index (χ0n) is 18.4. The number of rotatable bonds is 7. The van der Waals surface area contributed by atoms with E-state index in [0.29, 0.717) is 23.2 Å². The smallest absolute Gasteiger partial charge is 0.257 e. The molecule has 3 N–H and O–H groups in total. The van der Waals surface area contributed by atoms with Crippen molar-refractivity contribution < 1.29 is 9.84 Å². The summed E-state index contributed by atoms with van der Waals surface area (Å²) in [5, 5.41) is 22.1. The number of ether oxygens (including phenoxy) is 1. The first-order valence-corrected chi connectivity index (χ1v) is 11.6. The number of aryl methyl sites for hydroxylation is 2. The molecule has 0 aliphatic rings. The van der Waals surface area contributed by atoms with E-state index in [-0.39, 0.29) is 11.7 Å². The highest BCUT2D eigenvalue weighted by atomic mass is 79.9. The Hall–Kier alpha value is -3.51. The van der Waals surface area contributed by atoms with Crippen LogP contribution in [-0.4, -0.2) is 43.2 Å². The van der Waals surface area contributed by atoms with E-state index in [1.165, 1.54) is 13.3 Å². The fourth-order valence-corrected chi connectivity index (χ4v) is 3.79. The molecular weight excluding hydrogens is 568 g/mol. The Morgan fingerprint density at radius 3 is 2.41 bits per heavy atom. The van der Waals surface area contributed by atoms with E-state index in [1.807, 2.05) is 44.2 Å². The molecule has 2 heterocycles. The van der Waals surface area contributed by atoms with Crippen LogP contribution < -0.4 is 15.5 Å². The van der Waals surface area contributed by atoms with Crippen molar-refractivity contribution in [1.29, 1.82) is 0 Å². The third-order valence-corrected chi connectivity index (χ3v) is 5.57. The molecule has 0 unspecified atom stereocenters. The second-order valence-electron chi connectivity index (χ2n) is 7.17. The molecule has 0 aliphatic heterocycles. The molecular formula is C22H20Br2N8O2. The van der Waals surface area contributed by atoms with Gasteiger partial charge in [0.25, 0.3) is 5.95 Å². The molecule has 0 aliphatic carbocycles. The Balaban J connectivity index is 1.66. The van der Waals surface area contributed by atoms with Gasteiger partial charge >= 0.3 is 0 Å². The highest BCUT2D eigenvalue weighted by molar-refractivity contribution is 9.10. The number of aromatic hydroxyl groups is 1. The van der Waals surface area contributed by atoms with Gasteiger partial charge < -0.3 is 15.2 Å². The minimum atomic E-state index is -0.0344. The van der Waals surface area contributed by atoms with E-state index in [9.17, 15) is 5.11 Å². The number of benzene rings is 2. The molecule has 0 radical (unpaired) electrons. The molecule has 174 valence electrons. The zero-order chi connectivity index (χ0) is 24.2. The molecule has 0 bridgehead atoms. The lowest BCUT2D eigenvalue weighted by Crippen LogP contribution is -2.11. The van der Waals surface area contributed by atoms with Gasteiger partial charge in [-0.05, 0) is 56.3 Å². The summed E-state index contributed by atoms with van der Waals surface area (Å²) < 4.78 is 8.49. The van der Waals surface area contributed by atoms with Gasteiger partial charge in [0, 0.05) is 25.9 Å². The molecule has 2 aromatic carbocycles. The summed E-state index contributed by atoms with van der Waals surface area (Å²) in [6.07, 6.45) is 1.44. The highest BCUT2D eigenvalue weighted by Crippen LogP contribution is 2.32. The van der Waals surface area contributed by atoms with Crippen molar-refractivity contribution in [2.45, 2.75) is 13.8 Å². The Labute approximate surface area is 212 Å². The number of halogens is 2. The normalized spacial score (nSPS) is 11.1. The quantitative estimate of drug-likeness (QED) is 0.201. The first-order valence-electron chi connectivity index (χ1n) is 10.0. The van der Waals surface area contributed by atoms with Gasteiger partial charge in [-0.2, -0.15) is 25.2 Å². The fourth-order valence-electron chi connectivity index (χ4n) is 3.07.